The van der Waals surface area contributed by atoms with Gasteiger partial charge in [0, 0.05) is 0 Å². The van der Waals surface area contributed by atoms with E-state index in [1.165, 1.54) is 6.92 Å². The summed E-state index contributed by atoms with van der Waals surface area (Å²) in [6, 6.07) is 2.14. The zero-order valence-corrected chi connectivity index (χ0v) is 10.6. The van der Waals surface area contributed by atoms with Crippen molar-refractivity contribution in [2.45, 2.75) is 56.8 Å². The molecule has 6 heteroatoms. The van der Waals surface area contributed by atoms with Crippen molar-refractivity contribution in [2.24, 2.45) is 20.5 Å². The first-order valence-electron chi connectivity index (χ1n) is 5.47. The third-order valence-electron chi connectivity index (χ3n) is 3.87. The smallest absolute Gasteiger partial charge is 0.229 e. The SMILES string of the molecule is CC(=O)C12N=NC(C)(C)C1(C#N)N=NC2(C)C. The number of nitriles is 1. The fourth-order valence-corrected chi connectivity index (χ4v) is 2.82. The van der Waals surface area contributed by atoms with E-state index < -0.39 is 22.2 Å². The molecule has 0 amide bonds. The Hall–Kier alpha value is -1.64. The number of nitrogens with zero attached hydrogens (tertiary/aromatic N) is 5. The van der Waals surface area contributed by atoms with Gasteiger partial charge in [-0.05, 0) is 34.6 Å². The number of carbonyl (C=O) groups excluding carboxylic acids is 1. The van der Waals surface area contributed by atoms with E-state index in [0.29, 0.717) is 0 Å². The minimum absolute atomic E-state index is 0.219. The maximum atomic E-state index is 12.1. The Morgan fingerprint density at radius 2 is 1.53 bits per heavy atom. The van der Waals surface area contributed by atoms with Crippen LogP contribution in [0, 0.1) is 11.3 Å². The van der Waals surface area contributed by atoms with E-state index in [1.807, 2.05) is 0 Å². The summed E-state index contributed by atoms with van der Waals surface area (Å²) >= 11 is 0. The van der Waals surface area contributed by atoms with Crippen molar-refractivity contribution in [1.82, 2.24) is 0 Å². The van der Waals surface area contributed by atoms with Crippen LogP contribution in [-0.4, -0.2) is 27.9 Å². The molecular weight excluding hydrogens is 218 g/mol. The summed E-state index contributed by atoms with van der Waals surface area (Å²) in [4.78, 5) is 12.1. The lowest BCUT2D eigenvalue weighted by atomic mass is 9.61. The van der Waals surface area contributed by atoms with Gasteiger partial charge in [-0.2, -0.15) is 25.7 Å². The number of rotatable bonds is 1. The van der Waals surface area contributed by atoms with Gasteiger partial charge < -0.3 is 0 Å². The molecule has 0 saturated carbocycles. The Kier molecular flexibility index (Phi) is 1.94. The fraction of sp³-hybridized carbons (Fsp3) is 0.818. The number of azo groups is 2. The maximum Gasteiger partial charge on any atom is 0.229 e. The average molecular weight is 233 g/mol. The fourth-order valence-electron chi connectivity index (χ4n) is 2.82. The molecule has 6 nitrogen and oxygen atoms in total. The summed E-state index contributed by atoms with van der Waals surface area (Å²) in [6.07, 6.45) is 0. The van der Waals surface area contributed by atoms with Gasteiger partial charge in [-0.25, -0.2) is 0 Å². The summed E-state index contributed by atoms with van der Waals surface area (Å²) in [6.45, 7) is 8.45. The van der Waals surface area contributed by atoms with Gasteiger partial charge in [0.05, 0.1) is 0 Å². The van der Waals surface area contributed by atoms with Gasteiger partial charge in [-0.1, -0.05) is 0 Å². The van der Waals surface area contributed by atoms with Crippen LogP contribution in [0.2, 0.25) is 0 Å². The second-order valence-corrected chi connectivity index (χ2v) is 5.61. The molecule has 0 spiro atoms. The van der Waals surface area contributed by atoms with Gasteiger partial charge in [-0.3, -0.25) is 4.79 Å². The van der Waals surface area contributed by atoms with Crippen molar-refractivity contribution in [1.29, 1.82) is 5.26 Å². The van der Waals surface area contributed by atoms with Crippen LogP contribution in [-0.2, 0) is 4.79 Å². The van der Waals surface area contributed by atoms with E-state index in [0.717, 1.165) is 0 Å². The van der Waals surface area contributed by atoms with Crippen LogP contribution in [0.25, 0.3) is 0 Å². The monoisotopic (exact) mass is 233 g/mol. The van der Waals surface area contributed by atoms with E-state index in [4.69, 9.17) is 0 Å². The molecule has 2 aliphatic rings. The molecule has 0 bridgehead atoms. The summed E-state index contributed by atoms with van der Waals surface area (Å²) < 4.78 is 0. The molecule has 17 heavy (non-hydrogen) atoms. The molecule has 2 unspecified atom stereocenters. The predicted molar refractivity (Wildman–Crippen MR) is 59.6 cm³/mol. The third-order valence-corrected chi connectivity index (χ3v) is 3.87. The Bertz CT molecular complexity index is 498. The van der Waals surface area contributed by atoms with E-state index in [1.54, 1.807) is 27.7 Å². The van der Waals surface area contributed by atoms with Gasteiger partial charge in [0.15, 0.2) is 5.78 Å². The molecular formula is C11H15N5O. The van der Waals surface area contributed by atoms with Crippen LogP contribution in [0.5, 0.6) is 0 Å². The summed E-state index contributed by atoms with van der Waals surface area (Å²) in [7, 11) is 0. The van der Waals surface area contributed by atoms with E-state index in [2.05, 4.69) is 26.5 Å². The van der Waals surface area contributed by atoms with Crippen molar-refractivity contribution < 1.29 is 4.79 Å². The molecule has 2 aliphatic heterocycles. The van der Waals surface area contributed by atoms with Crippen molar-refractivity contribution >= 4 is 5.78 Å². The number of hydrogen-bond acceptors (Lipinski definition) is 6. The van der Waals surface area contributed by atoms with Crippen molar-refractivity contribution in [3.8, 4) is 6.07 Å². The molecule has 90 valence electrons. The first kappa shape index (κ1) is 11.8. The van der Waals surface area contributed by atoms with Crippen molar-refractivity contribution in [2.75, 3.05) is 0 Å². The molecule has 2 atom stereocenters. The normalized spacial score (nSPS) is 40.0. The Balaban J connectivity index is 2.81. The first-order valence-corrected chi connectivity index (χ1v) is 5.47. The van der Waals surface area contributed by atoms with Crippen molar-refractivity contribution in [3.63, 3.8) is 0 Å². The molecule has 0 saturated heterocycles. The number of ketones is 1. The lowest BCUT2D eigenvalue weighted by Crippen LogP contribution is -2.66. The van der Waals surface area contributed by atoms with Crippen LogP contribution in [0.1, 0.15) is 34.6 Å². The highest BCUT2D eigenvalue weighted by molar-refractivity contribution is 5.92. The van der Waals surface area contributed by atoms with Gasteiger partial charge in [0.2, 0.25) is 11.1 Å². The highest BCUT2D eigenvalue weighted by Crippen LogP contribution is 2.57. The van der Waals surface area contributed by atoms with Gasteiger partial charge in [0.1, 0.15) is 17.1 Å². The molecule has 0 radical (unpaired) electrons. The first-order chi connectivity index (χ1) is 7.67. The lowest BCUT2D eigenvalue weighted by molar-refractivity contribution is -0.124. The van der Waals surface area contributed by atoms with E-state index >= 15 is 0 Å². The average Bonchev–Trinajstić information content (AvgIpc) is 2.59. The minimum atomic E-state index is -1.32. The largest absolute Gasteiger partial charge is 0.297 e. The molecule has 0 N–H and O–H groups in total. The minimum Gasteiger partial charge on any atom is -0.297 e. The zero-order chi connectivity index (χ0) is 13.1. The number of hydrogen-bond donors (Lipinski definition) is 0. The van der Waals surface area contributed by atoms with Crippen molar-refractivity contribution in [3.05, 3.63) is 0 Å². The van der Waals surface area contributed by atoms with E-state index in [-0.39, 0.29) is 5.78 Å². The summed E-state index contributed by atoms with van der Waals surface area (Å²) in [5.41, 5.74) is -4.30. The van der Waals surface area contributed by atoms with Gasteiger partial charge in [-0.15, -0.1) is 0 Å². The van der Waals surface area contributed by atoms with E-state index in [9.17, 15) is 10.1 Å². The topological polar surface area (TPSA) is 90.3 Å². The molecule has 2 rings (SSSR count). The summed E-state index contributed by atoms with van der Waals surface area (Å²) in [5.74, 6) is -0.219. The molecule has 0 aliphatic carbocycles. The Morgan fingerprint density at radius 1 is 1.00 bits per heavy atom. The highest BCUT2D eigenvalue weighted by Gasteiger charge is 2.77. The molecule has 0 fully saturated rings. The zero-order valence-electron chi connectivity index (χ0n) is 10.6. The maximum absolute atomic E-state index is 12.1. The molecule has 0 aromatic carbocycles. The van der Waals surface area contributed by atoms with Crippen LogP contribution >= 0.6 is 0 Å². The van der Waals surface area contributed by atoms with Crippen LogP contribution in [0.3, 0.4) is 0 Å². The van der Waals surface area contributed by atoms with Crippen LogP contribution in [0.15, 0.2) is 20.5 Å². The van der Waals surface area contributed by atoms with Gasteiger partial charge in [0.25, 0.3) is 0 Å². The highest BCUT2D eigenvalue weighted by atomic mass is 16.1. The predicted octanol–water partition coefficient (Wildman–Crippen LogP) is 2.07. The number of fused-ring (bicyclic) bond motifs is 1. The lowest BCUT2D eigenvalue weighted by Gasteiger charge is -2.38. The van der Waals surface area contributed by atoms with Crippen LogP contribution in [0.4, 0.5) is 0 Å². The third kappa shape index (κ3) is 0.938. The molecule has 2 heterocycles. The second-order valence-electron chi connectivity index (χ2n) is 5.61. The van der Waals surface area contributed by atoms with Crippen LogP contribution < -0.4 is 0 Å². The van der Waals surface area contributed by atoms with Gasteiger partial charge >= 0.3 is 0 Å². The standard InChI is InChI=1S/C11H15N5O/c1-7(17)11-9(4,5)14-15-10(11,6-12)8(2,3)13-16-11/h1-5H3. The second kappa shape index (κ2) is 2.78. The molecule has 0 aromatic rings. The summed E-state index contributed by atoms with van der Waals surface area (Å²) in [5, 5.41) is 26.0. The number of carbonyl (C=O) groups is 1. The quantitative estimate of drug-likeness (QED) is 0.693. The Labute approximate surface area is 99.8 Å². The molecule has 0 aromatic heterocycles. The number of Topliss-reactive ketones (excluding diaryl/α,β-unsaturated/α-hetero) is 1. The Morgan fingerprint density at radius 3 is 1.94 bits per heavy atom.